The molecule has 1 aliphatic heterocycles. The summed E-state index contributed by atoms with van der Waals surface area (Å²) in [5.41, 5.74) is 6.82. The van der Waals surface area contributed by atoms with Crippen molar-refractivity contribution in [1.82, 2.24) is 9.13 Å². The van der Waals surface area contributed by atoms with E-state index in [1.54, 1.807) is 23.6 Å². The summed E-state index contributed by atoms with van der Waals surface area (Å²) in [6.07, 6.45) is 1.87. The van der Waals surface area contributed by atoms with Gasteiger partial charge in [-0.25, -0.2) is 4.99 Å². The summed E-state index contributed by atoms with van der Waals surface area (Å²) in [5, 5.41) is 14.6. The van der Waals surface area contributed by atoms with Crippen LogP contribution < -0.4 is 24.9 Å². The number of hydrogen-bond donors (Lipinski definition) is 1. The number of ether oxygens (including phenoxy) is 1. The van der Waals surface area contributed by atoms with Gasteiger partial charge in [0.2, 0.25) is 0 Å². The maximum absolute atomic E-state index is 14.8. The third-order valence-electron chi connectivity index (χ3n) is 9.56. The van der Waals surface area contributed by atoms with Crippen LogP contribution in [0.25, 0.3) is 34.3 Å². The fourth-order valence-corrected chi connectivity index (χ4v) is 8.08. The van der Waals surface area contributed by atoms with Crippen LogP contribution >= 0.6 is 11.3 Å². The van der Waals surface area contributed by atoms with Crippen LogP contribution in [0, 0.1) is 10.1 Å². The number of benzene rings is 5. The van der Waals surface area contributed by atoms with Gasteiger partial charge in [0.15, 0.2) is 4.80 Å². The molecule has 8 rings (SSSR count). The Morgan fingerprint density at radius 2 is 1.50 bits per heavy atom. The number of anilines is 1. The van der Waals surface area contributed by atoms with Crippen molar-refractivity contribution < 1.29 is 14.5 Å². The van der Waals surface area contributed by atoms with Crippen molar-refractivity contribution >= 4 is 34.7 Å². The summed E-state index contributed by atoms with van der Waals surface area (Å²) in [4.78, 5) is 45.4. The van der Waals surface area contributed by atoms with E-state index in [0.717, 1.165) is 39.3 Å². The van der Waals surface area contributed by atoms with Gasteiger partial charge >= 0.3 is 0 Å². The second-order valence-corrected chi connectivity index (χ2v) is 14.1. The van der Waals surface area contributed by atoms with Crippen LogP contribution in [0.1, 0.15) is 31.0 Å². The highest BCUT2D eigenvalue weighted by molar-refractivity contribution is 7.07. The fourth-order valence-electron chi connectivity index (χ4n) is 7.05. The number of rotatable bonds is 10. The van der Waals surface area contributed by atoms with Crippen molar-refractivity contribution in [3.8, 4) is 34.0 Å². The predicted molar refractivity (Wildman–Crippen MR) is 220 cm³/mol. The number of allylic oxidation sites excluding steroid dienone is 1. The van der Waals surface area contributed by atoms with E-state index in [-0.39, 0.29) is 17.2 Å². The van der Waals surface area contributed by atoms with Crippen molar-refractivity contribution in [2.24, 2.45) is 4.99 Å². The molecule has 7 aromatic rings. The summed E-state index contributed by atoms with van der Waals surface area (Å²) in [7, 11) is 0. The highest BCUT2D eigenvalue weighted by Crippen LogP contribution is 2.37. The number of non-ortho nitro benzene ring substituents is 1. The molecule has 1 aliphatic rings. The molecule has 276 valence electrons. The molecular weight excluding hydrogens is 723 g/mol. The average Bonchev–Trinajstić information content (AvgIpc) is 3.75. The van der Waals surface area contributed by atoms with E-state index in [9.17, 15) is 19.7 Å². The van der Waals surface area contributed by atoms with Crippen LogP contribution in [0.15, 0.2) is 167 Å². The zero-order valence-electron chi connectivity index (χ0n) is 30.5. The van der Waals surface area contributed by atoms with Gasteiger partial charge in [-0.15, -0.1) is 0 Å². The quantitative estimate of drug-likeness (QED) is 0.111. The summed E-state index contributed by atoms with van der Waals surface area (Å²) < 4.78 is 9.81. The number of hydrogen-bond acceptors (Lipinski definition) is 7. The van der Waals surface area contributed by atoms with Crippen molar-refractivity contribution in [2.75, 3.05) is 11.9 Å². The van der Waals surface area contributed by atoms with Gasteiger partial charge in [0, 0.05) is 29.1 Å². The fraction of sp³-hybridized carbons (Fsp3) is 0.0889. The van der Waals surface area contributed by atoms with Crippen molar-refractivity contribution in [1.29, 1.82) is 0 Å². The number of fused-ring (bicyclic) bond motifs is 1. The Morgan fingerprint density at radius 1 is 0.875 bits per heavy atom. The lowest BCUT2D eigenvalue weighted by Crippen LogP contribution is -2.40. The molecule has 56 heavy (non-hydrogen) atoms. The van der Waals surface area contributed by atoms with E-state index in [1.165, 1.54) is 23.5 Å². The maximum atomic E-state index is 14.8. The number of para-hydroxylation sites is 1. The zero-order chi connectivity index (χ0) is 38.8. The molecule has 2 aromatic heterocycles. The first-order chi connectivity index (χ1) is 27.3. The molecule has 5 aromatic carbocycles. The number of nitro groups is 1. The lowest BCUT2D eigenvalue weighted by molar-refractivity contribution is -0.384. The van der Waals surface area contributed by atoms with Crippen molar-refractivity contribution in [3.63, 3.8) is 0 Å². The highest BCUT2D eigenvalue weighted by atomic mass is 32.1. The molecule has 10 nitrogen and oxygen atoms in total. The van der Waals surface area contributed by atoms with Gasteiger partial charge in [0.1, 0.15) is 5.75 Å². The minimum absolute atomic E-state index is 0.0149. The number of carbonyl (C=O) groups excluding carboxylic acids is 1. The number of amides is 1. The van der Waals surface area contributed by atoms with Gasteiger partial charge in [-0.2, -0.15) is 0 Å². The molecule has 0 unspecified atom stereocenters. The molecule has 1 N–H and O–H groups in total. The smallest absolute Gasteiger partial charge is 0.271 e. The van der Waals surface area contributed by atoms with Crippen LogP contribution in [-0.2, 0) is 4.79 Å². The molecular formula is C45H35N5O5S. The minimum Gasteiger partial charge on any atom is -0.494 e. The topological polar surface area (TPSA) is 121 Å². The Balaban J connectivity index is 1.34. The van der Waals surface area contributed by atoms with Crippen LogP contribution in [0.4, 0.5) is 11.4 Å². The number of nitrogens with one attached hydrogen (secondary N) is 1. The number of thiazole rings is 1. The van der Waals surface area contributed by atoms with Crippen LogP contribution in [0.2, 0.25) is 0 Å². The summed E-state index contributed by atoms with van der Waals surface area (Å²) in [6.45, 7) is 4.21. The van der Waals surface area contributed by atoms with Gasteiger partial charge < -0.3 is 14.6 Å². The van der Waals surface area contributed by atoms with E-state index in [0.29, 0.717) is 38.6 Å². The van der Waals surface area contributed by atoms with E-state index < -0.39 is 11.0 Å². The van der Waals surface area contributed by atoms with E-state index in [4.69, 9.17) is 9.73 Å². The largest absolute Gasteiger partial charge is 0.494 e. The predicted octanol–water partition coefficient (Wildman–Crippen LogP) is 8.31. The van der Waals surface area contributed by atoms with Gasteiger partial charge in [-0.05, 0) is 79.1 Å². The molecule has 1 amide bonds. The SMILES string of the molecule is CCOc1ccc([C@H]2C(C(=O)Nc3ccccc3)=C(C)N=c3s/c(=C\c4cc(-c5ccccc5)n(-c5ccc([N+](=O)[O-])cc5)c4-c4ccccc4)c(=O)n32)cc1. The second kappa shape index (κ2) is 15.3. The van der Waals surface area contributed by atoms with Crippen molar-refractivity contribution in [2.45, 2.75) is 19.9 Å². The Kier molecular flexibility index (Phi) is 9.82. The highest BCUT2D eigenvalue weighted by Gasteiger charge is 2.33. The summed E-state index contributed by atoms with van der Waals surface area (Å²) >= 11 is 1.26. The Hall–Kier alpha value is -7.11. The molecule has 0 bridgehead atoms. The molecule has 3 heterocycles. The number of aromatic nitrogens is 2. The Labute approximate surface area is 325 Å². The third-order valence-corrected chi connectivity index (χ3v) is 10.5. The Morgan fingerprint density at radius 3 is 2.12 bits per heavy atom. The molecule has 0 saturated heterocycles. The first kappa shape index (κ1) is 35.9. The van der Waals surface area contributed by atoms with Gasteiger partial charge in [-0.3, -0.25) is 24.3 Å². The lowest BCUT2D eigenvalue weighted by Gasteiger charge is -2.25. The molecule has 0 spiro atoms. The van der Waals surface area contributed by atoms with E-state index >= 15 is 0 Å². The molecule has 0 fully saturated rings. The standard InChI is InChI=1S/C45H35N5O5S/c1-3-55-37-25-19-32(20-26-37)42-40(43(51)47-34-17-11-6-12-18-34)29(2)46-45-49(42)44(52)39(56-45)28-33-27-38(30-13-7-4-8-14-30)48(41(33)31-15-9-5-10-16-31)35-21-23-36(24-22-35)50(53)54/h4-28,42H,3H2,1-2H3,(H,47,51)/b39-28-/t42-/m0/s1. The first-order valence-electron chi connectivity index (χ1n) is 18.0. The summed E-state index contributed by atoms with van der Waals surface area (Å²) in [6, 6.07) is 44.0. The monoisotopic (exact) mass is 757 g/mol. The van der Waals surface area contributed by atoms with Gasteiger partial charge in [0.25, 0.3) is 17.2 Å². The van der Waals surface area contributed by atoms with E-state index in [1.807, 2.05) is 134 Å². The van der Waals surface area contributed by atoms with Crippen LogP contribution in [-0.4, -0.2) is 26.6 Å². The average molecular weight is 758 g/mol. The number of carbonyl (C=O) groups is 1. The second-order valence-electron chi connectivity index (χ2n) is 13.1. The molecule has 11 heteroatoms. The minimum atomic E-state index is -0.772. The third kappa shape index (κ3) is 6.87. The molecule has 0 saturated carbocycles. The lowest BCUT2D eigenvalue weighted by atomic mass is 9.95. The van der Waals surface area contributed by atoms with Crippen molar-refractivity contribution in [3.05, 3.63) is 198 Å². The zero-order valence-corrected chi connectivity index (χ0v) is 31.3. The normalized spacial score (nSPS) is 13.9. The first-order valence-corrected chi connectivity index (χ1v) is 18.9. The maximum Gasteiger partial charge on any atom is 0.271 e. The van der Waals surface area contributed by atoms with Crippen LogP contribution in [0.3, 0.4) is 0 Å². The van der Waals surface area contributed by atoms with E-state index in [2.05, 4.69) is 9.88 Å². The molecule has 0 radical (unpaired) electrons. The van der Waals surface area contributed by atoms with Gasteiger partial charge in [-0.1, -0.05) is 102 Å². The van der Waals surface area contributed by atoms with Gasteiger partial charge in [0.05, 0.1) is 44.8 Å². The van der Waals surface area contributed by atoms with Crippen LogP contribution in [0.5, 0.6) is 5.75 Å². The molecule has 1 atom stereocenters. The number of nitrogens with zero attached hydrogens (tertiary/aromatic N) is 4. The molecule has 0 aliphatic carbocycles. The number of nitro benzene ring substituents is 1. The Bertz CT molecular complexity index is 2790. The summed E-state index contributed by atoms with van der Waals surface area (Å²) in [5.74, 6) is 0.324.